The van der Waals surface area contributed by atoms with Crippen LogP contribution in [-0.2, 0) is 4.79 Å². The Labute approximate surface area is 160 Å². The van der Waals surface area contributed by atoms with Crippen LogP contribution in [0.5, 0.6) is 11.5 Å². The van der Waals surface area contributed by atoms with Crippen LogP contribution in [-0.4, -0.2) is 38.5 Å². The molecule has 2 aromatic carbocycles. The van der Waals surface area contributed by atoms with E-state index < -0.39 is 17.7 Å². The summed E-state index contributed by atoms with van der Waals surface area (Å²) in [5.41, 5.74) is 5.02. The van der Waals surface area contributed by atoms with Gasteiger partial charge in [0.2, 0.25) is 0 Å². The van der Waals surface area contributed by atoms with E-state index in [1.807, 2.05) is 0 Å². The number of hydrogen-bond donors (Lipinski definition) is 3. The van der Waals surface area contributed by atoms with E-state index >= 15 is 0 Å². The van der Waals surface area contributed by atoms with E-state index in [0.29, 0.717) is 22.1 Å². The van der Waals surface area contributed by atoms with Crippen LogP contribution < -0.4 is 25.6 Å². The Morgan fingerprint density at radius 3 is 2.15 bits per heavy atom. The number of benzene rings is 2. The number of hydrogen-bond acceptors (Lipinski definition) is 5. The van der Waals surface area contributed by atoms with Crippen molar-refractivity contribution in [3.63, 3.8) is 0 Å². The molecule has 0 bridgehead atoms. The zero-order valence-corrected chi connectivity index (χ0v) is 15.4. The maximum atomic E-state index is 12.1. The van der Waals surface area contributed by atoms with Crippen LogP contribution in [0.3, 0.4) is 0 Å². The first-order chi connectivity index (χ1) is 12.9. The Morgan fingerprint density at radius 1 is 0.889 bits per heavy atom. The normalized spacial score (nSPS) is 9.89. The highest BCUT2D eigenvalue weighted by Crippen LogP contribution is 2.22. The average Bonchev–Trinajstić information content (AvgIpc) is 2.69. The number of hydrazine groups is 1. The summed E-state index contributed by atoms with van der Waals surface area (Å²) in [4.78, 5) is 35.9. The Kier molecular flexibility index (Phi) is 7.01. The van der Waals surface area contributed by atoms with Crippen LogP contribution in [0.15, 0.2) is 42.5 Å². The molecule has 0 unspecified atom stereocenters. The topological polar surface area (TPSA) is 106 Å². The summed E-state index contributed by atoms with van der Waals surface area (Å²) in [6.45, 7) is -0.326. The molecule has 0 saturated heterocycles. The number of nitrogens with one attached hydrogen (secondary N) is 3. The minimum absolute atomic E-state index is 0.231. The number of methoxy groups -OCH3 is 2. The highest BCUT2D eigenvalue weighted by molar-refractivity contribution is 6.31. The van der Waals surface area contributed by atoms with Crippen molar-refractivity contribution in [1.82, 2.24) is 16.2 Å². The van der Waals surface area contributed by atoms with E-state index in [9.17, 15) is 14.4 Å². The fourth-order valence-electron chi connectivity index (χ4n) is 2.07. The Morgan fingerprint density at radius 2 is 1.56 bits per heavy atom. The van der Waals surface area contributed by atoms with Gasteiger partial charge in [0, 0.05) is 22.2 Å². The molecule has 3 N–H and O–H groups in total. The fraction of sp³-hybridized carbons (Fsp3) is 0.167. The largest absolute Gasteiger partial charge is 0.497 e. The van der Waals surface area contributed by atoms with Crippen LogP contribution in [0.4, 0.5) is 0 Å². The van der Waals surface area contributed by atoms with E-state index in [2.05, 4.69) is 16.2 Å². The maximum Gasteiger partial charge on any atom is 0.269 e. The highest BCUT2D eigenvalue weighted by atomic mass is 35.5. The SMILES string of the molecule is COc1cc(OC)cc(C(=O)NNC(=O)CNC(=O)c2cccc(Cl)c2)c1. The van der Waals surface area contributed by atoms with Gasteiger partial charge in [0.05, 0.1) is 20.8 Å². The molecule has 0 aromatic heterocycles. The van der Waals surface area contributed by atoms with Crippen molar-refractivity contribution in [3.05, 3.63) is 58.6 Å². The summed E-state index contributed by atoms with van der Waals surface area (Å²) in [6.07, 6.45) is 0. The van der Waals surface area contributed by atoms with Gasteiger partial charge in [-0.1, -0.05) is 17.7 Å². The molecule has 0 saturated carbocycles. The Hall–Kier alpha value is -3.26. The molecule has 0 aliphatic carbocycles. The van der Waals surface area contributed by atoms with Crippen LogP contribution in [0, 0.1) is 0 Å². The monoisotopic (exact) mass is 391 g/mol. The minimum atomic E-state index is -0.603. The number of ether oxygens (including phenoxy) is 2. The van der Waals surface area contributed by atoms with Crippen molar-refractivity contribution in [2.75, 3.05) is 20.8 Å². The summed E-state index contributed by atoms with van der Waals surface area (Å²) in [6, 6.07) is 10.9. The van der Waals surface area contributed by atoms with Crippen molar-refractivity contribution >= 4 is 29.3 Å². The van der Waals surface area contributed by atoms with Crippen molar-refractivity contribution in [1.29, 1.82) is 0 Å². The molecule has 2 aromatic rings. The van der Waals surface area contributed by atoms with Crippen LogP contribution >= 0.6 is 11.6 Å². The molecule has 0 heterocycles. The van der Waals surface area contributed by atoms with Gasteiger partial charge in [-0.05, 0) is 30.3 Å². The zero-order valence-electron chi connectivity index (χ0n) is 14.7. The fourth-order valence-corrected chi connectivity index (χ4v) is 2.26. The smallest absolute Gasteiger partial charge is 0.269 e. The standard InChI is InChI=1S/C18H18ClN3O5/c1-26-14-7-12(8-15(9-14)27-2)18(25)22-21-16(23)10-20-17(24)11-4-3-5-13(19)6-11/h3-9H,10H2,1-2H3,(H,20,24)(H,21,23)(H,22,25). The van der Waals surface area contributed by atoms with Crippen molar-refractivity contribution in [2.45, 2.75) is 0 Å². The van der Waals surface area contributed by atoms with E-state index in [1.54, 1.807) is 24.3 Å². The van der Waals surface area contributed by atoms with Crippen molar-refractivity contribution < 1.29 is 23.9 Å². The van der Waals surface area contributed by atoms with Gasteiger partial charge in [0.25, 0.3) is 17.7 Å². The number of amides is 3. The lowest BCUT2D eigenvalue weighted by atomic mass is 10.2. The highest BCUT2D eigenvalue weighted by Gasteiger charge is 2.12. The first kappa shape index (κ1) is 20.1. The average molecular weight is 392 g/mol. The summed E-state index contributed by atoms with van der Waals surface area (Å²) < 4.78 is 10.2. The quantitative estimate of drug-likeness (QED) is 0.648. The van der Waals surface area contributed by atoms with E-state index in [-0.39, 0.29) is 12.1 Å². The first-order valence-corrected chi connectivity index (χ1v) is 8.16. The zero-order chi connectivity index (χ0) is 19.8. The molecule has 0 fully saturated rings. The molecule has 2 rings (SSSR count). The van der Waals surface area contributed by atoms with E-state index in [4.69, 9.17) is 21.1 Å². The molecule has 0 atom stereocenters. The third kappa shape index (κ3) is 5.89. The van der Waals surface area contributed by atoms with Crippen LogP contribution in [0.2, 0.25) is 5.02 Å². The maximum absolute atomic E-state index is 12.1. The number of rotatable bonds is 6. The molecular weight excluding hydrogens is 374 g/mol. The summed E-state index contributed by atoms with van der Waals surface area (Å²) >= 11 is 5.81. The molecule has 27 heavy (non-hydrogen) atoms. The molecule has 0 spiro atoms. The van der Waals surface area contributed by atoms with Gasteiger partial charge in [-0.25, -0.2) is 0 Å². The second-order valence-electron chi connectivity index (χ2n) is 5.30. The van der Waals surface area contributed by atoms with Crippen LogP contribution in [0.1, 0.15) is 20.7 Å². The Balaban J connectivity index is 1.86. The third-order valence-electron chi connectivity index (χ3n) is 3.43. The van der Waals surface area contributed by atoms with Gasteiger partial charge in [-0.2, -0.15) is 0 Å². The van der Waals surface area contributed by atoms with Gasteiger partial charge in [-0.3, -0.25) is 25.2 Å². The molecular formula is C18H18ClN3O5. The third-order valence-corrected chi connectivity index (χ3v) is 3.66. The van der Waals surface area contributed by atoms with E-state index in [1.165, 1.54) is 32.4 Å². The van der Waals surface area contributed by atoms with Crippen molar-refractivity contribution in [3.8, 4) is 11.5 Å². The van der Waals surface area contributed by atoms with Crippen LogP contribution in [0.25, 0.3) is 0 Å². The molecule has 0 aliphatic heterocycles. The van der Waals surface area contributed by atoms with Gasteiger partial charge in [0.15, 0.2) is 0 Å². The summed E-state index contributed by atoms with van der Waals surface area (Å²) in [5.74, 6) is -0.772. The number of carbonyl (C=O) groups excluding carboxylic acids is 3. The number of halogens is 1. The van der Waals surface area contributed by atoms with Gasteiger partial charge in [-0.15, -0.1) is 0 Å². The van der Waals surface area contributed by atoms with Crippen molar-refractivity contribution in [2.24, 2.45) is 0 Å². The lowest BCUT2D eigenvalue weighted by molar-refractivity contribution is -0.120. The Bertz CT molecular complexity index is 834. The molecule has 3 amide bonds. The second-order valence-corrected chi connectivity index (χ2v) is 5.73. The predicted molar refractivity (Wildman–Crippen MR) is 98.9 cm³/mol. The summed E-state index contributed by atoms with van der Waals surface area (Å²) in [5, 5.41) is 2.84. The molecule has 0 aliphatic rings. The van der Waals surface area contributed by atoms with Gasteiger partial charge < -0.3 is 14.8 Å². The molecule has 9 heteroatoms. The summed E-state index contributed by atoms with van der Waals surface area (Å²) in [7, 11) is 2.92. The minimum Gasteiger partial charge on any atom is -0.497 e. The van der Waals surface area contributed by atoms with Gasteiger partial charge in [0.1, 0.15) is 11.5 Å². The molecule has 8 nitrogen and oxygen atoms in total. The second kappa shape index (κ2) is 9.44. The molecule has 0 radical (unpaired) electrons. The van der Waals surface area contributed by atoms with Gasteiger partial charge >= 0.3 is 0 Å². The van der Waals surface area contributed by atoms with E-state index in [0.717, 1.165) is 0 Å². The lowest BCUT2D eigenvalue weighted by Gasteiger charge is -2.10. The lowest BCUT2D eigenvalue weighted by Crippen LogP contribution is -2.46. The molecule has 142 valence electrons. The number of carbonyl (C=O) groups is 3. The first-order valence-electron chi connectivity index (χ1n) is 7.79. The predicted octanol–water partition coefficient (Wildman–Crippen LogP) is 1.55.